The van der Waals surface area contributed by atoms with Crippen LogP contribution in [0.15, 0.2) is 128 Å². The second kappa shape index (κ2) is 10.2. The van der Waals surface area contributed by atoms with Gasteiger partial charge in [-0.2, -0.15) is 0 Å². The molecule has 7 rings (SSSR count). The van der Waals surface area contributed by atoms with Crippen LogP contribution in [0.5, 0.6) is 0 Å². The van der Waals surface area contributed by atoms with E-state index >= 15 is 0 Å². The van der Waals surface area contributed by atoms with Crippen LogP contribution >= 0.6 is 0 Å². The number of aryl methyl sites for hydroxylation is 1. The van der Waals surface area contributed by atoms with E-state index in [1.165, 1.54) is 60.5 Å². The maximum absolute atomic E-state index is 2.43. The molecule has 0 heterocycles. The van der Waals surface area contributed by atoms with Crippen LogP contribution in [-0.4, -0.2) is 0 Å². The Morgan fingerprint density at radius 1 is 0.595 bits per heavy atom. The fourth-order valence-electron chi connectivity index (χ4n) is 6.87. The molecule has 0 N–H and O–H groups in total. The first-order valence-electron chi connectivity index (χ1n) is 14.8. The molecule has 204 valence electrons. The van der Waals surface area contributed by atoms with Crippen molar-refractivity contribution in [3.05, 3.63) is 155 Å². The van der Waals surface area contributed by atoms with Gasteiger partial charge in [0, 0.05) is 23.0 Å². The summed E-state index contributed by atoms with van der Waals surface area (Å²) in [7, 11) is 0. The molecule has 0 amide bonds. The van der Waals surface area contributed by atoms with Crippen molar-refractivity contribution >= 4 is 45.1 Å². The Morgan fingerprint density at radius 2 is 1.21 bits per heavy atom. The van der Waals surface area contributed by atoms with E-state index in [0.29, 0.717) is 0 Å². The van der Waals surface area contributed by atoms with Crippen molar-refractivity contribution in [2.24, 2.45) is 0 Å². The van der Waals surface area contributed by atoms with Gasteiger partial charge in [0.05, 0.1) is 0 Å². The van der Waals surface area contributed by atoms with Crippen LogP contribution < -0.4 is 4.90 Å². The standard InChI is InChI=1S/C41H35N/c1-5-14-29-26-37-38(27-30(29)23-24-42(31-16-7-6-8-17-31)32-18-13-15-28(2)25-32)41(3,4)40-36-22-12-10-20-34(36)33-19-9-11-21-35(33)39(37)40/h5-27H,1-4H3/b14-5-,24-23+. The first-order chi connectivity index (χ1) is 20.5. The fraction of sp³-hybridized carbons (Fsp3) is 0.122. The van der Waals surface area contributed by atoms with Crippen molar-refractivity contribution in [2.75, 3.05) is 4.90 Å². The highest BCUT2D eigenvalue weighted by atomic mass is 15.1. The molecule has 1 aliphatic rings. The number of nitrogens with zero attached hydrogens (tertiary/aromatic N) is 1. The summed E-state index contributed by atoms with van der Waals surface area (Å²) in [5.41, 5.74) is 11.4. The molecule has 0 spiro atoms. The maximum atomic E-state index is 2.43. The molecule has 0 atom stereocenters. The minimum atomic E-state index is -0.138. The number of benzene rings is 6. The zero-order valence-electron chi connectivity index (χ0n) is 24.7. The van der Waals surface area contributed by atoms with Gasteiger partial charge in [-0.15, -0.1) is 0 Å². The normalized spacial score (nSPS) is 13.7. The van der Waals surface area contributed by atoms with E-state index in [0.717, 1.165) is 11.4 Å². The van der Waals surface area contributed by atoms with Gasteiger partial charge in [-0.05, 0) is 117 Å². The third-order valence-electron chi connectivity index (χ3n) is 8.79. The molecule has 42 heavy (non-hydrogen) atoms. The summed E-state index contributed by atoms with van der Waals surface area (Å²) >= 11 is 0. The summed E-state index contributed by atoms with van der Waals surface area (Å²) in [6.07, 6.45) is 8.89. The van der Waals surface area contributed by atoms with Crippen molar-refractivity contribution in [2.45, 2.75) is 33.1 Å². The summed E-state index contributed by atoms with van der Waals surface area (Å²) in [5, 5.41) is 5.34. The molecule has 0 radical (unpaired) electrons. The van der Waals surface area contributed by atoms with Gasteiger partial charge in [-0.3, -0.25) is 0 Å². The Labute approximate surface area is 249 Å². The third-order valence-corrected chi connectivity index (χ3v) is 8.79. The molecular weight excluding hydrogens is 506 g/mol. The minimum Gasteiger partial charge on any atom is -0.317 e. The average molecular weight is 542 g/mol. The molecule has 0 aromatic heterocycles. The van der Waals surface area contributed by atoms with Crippen LogP contribution in [0.3, 0.4) is 0 Å². The molecule has 6 aromatic carbocycles. The van der Waals surface area contributed by atoms with Crippen LogP contribution in [0.1, 0.15) is 48.6 Å². The lowest BCUT2D eigenvalue weighted by Crippen LogP contribution is -2.16. The van der Waals surface area contributed by atoms with Crippen LogP contribution in [0.2, 0.25) is 0 Å². The topological polar surface area (TPSA) is 3.24 Å². The summed E-state index contributed by atoms with van der Waals surface area (Å²) in [5.74, 6) is 0. The first-order valence-corrected chi connectivity index (χ1v) is 14.8. The highest BCUT2D eigenvalue weighted by molar-refractivity contribution is 6.18. The van der Waals surface area contributed by atoms with E-state index < -0.39 is 0 Å². The van der Waals surface area contributed by atoms with E-state index in [9.17, 15) is 0 Å². The molecule has 0 aliphatic heterocycles. The van der Waals surface area contributed by atoms with E-state index in [4.69, 9.17) is 0 Å². The van der Waals surface area contributed by atoms with Crippen molar-refractivity contribution in [1.29, 1.82) is 0 Å². The van der Waals surface area contributed by atoms with E-state index in [2.05, 4.69) is 172 Å². The monoisotopic (exact) mass is 541 g/mol. The first kappa shape index (κ1) is 26.0. The molecule has 0 saturated heterocycles. The fourth-order valence-corrected chi connectivity index (χ4v) is 6.87. The lowest BCUT2D eigenvalue weighted by molar-refractivity contribution is 0.666. The third kappa shape index (κ3) is 4.16. The second-order valence-corrected chi connectivity index (χ2v) is 11.9. The predicted octanol–water partition coefficient (Wildman–Crippen LogP) is 11.4. The van der Waals surface area contributed by atoms with E-state index in [-0.39, 0.29) is 5.41 Å². The highest BCUT2D eigenvalue weighted by Gasteiger charge is 2.38. The van der Waals surface area contributed by atoms with Gasteiger partial charge in [0.1, 0.15) is 0 Å². The minimum absolute atomic E-state index is 0.138. The van der Waals surface area contributed by atoms with E-state index in [1.54, 1.807) is 0 Å². The Kier molecular flexibility index (Phi) is 6.32. The second-order valence-electron chi connectivity index (χ2n) is 11.9. The number of allylic oxidation sites excluding steroid dienone is 1. The van der Waals surface area contributed by atoms with Gasteiger partial charge in [0.25, 0.3) is 0 Å². The average Bonchev–Trinajstić information content (AvgIpc) is 3.24. The molecule has 1 heteroatoms. The van der Waals surface area contributed by atoms with Gasteiger partial charge in [-0.1, -0.05) is 105 Å². The van der Waals surface area contributed by atoms with Gasteiger partial charge in [-0.25, -0.2) is 0 Å². The zero-order valence-corrected chi connectivity index (χ0v) is 24.7. The van der Waals surface area contributed by atoms with Crippen LogP contribution in [0.4, 0.5) is 11.4 Å². The Bertz CT molecular complexity index is 2020. The quantitative estimate of drug-likeness (QED) is 0.196. The number of para-hydroxylation sites is 1. The Morgan fingerprint density at radius 3 is 1.93 bits per heavy atom. The maximum Gasteiger partial charge on any atom is 0.0458 e. The van der Waals surface area contributed by atoms with E-state index in [1.807, 2.05) is 0 Å². The van der Waals surface area contributed by atoms with Crippen LogP contribution in [0.25, 0.3) is 44.8 Å². The van der Waals surface area contributed by atoms with Crippen molar-refractivity contribution in [3.8, 4) is 11.1 Å². The summed E-state index contributed by atoms with van der Waals surface area (Å²) in [6, 6.07) is 42.0. The molecule has 0 fully saturated rings. The number of anilines is 2. The highest BCUT2D eigenvalue weighted by Crippen LogP contribution is 2.55. The lowest BCUT2D eigenvalue weighted by atomic mass is 9.79. The lowest BCUT2D eigenvalue weighted by Gasteiger charge is -2.24. The predicted molar refractivity (Wildman–Crippen MR) is 183 cm³/mol. The molecule has 0 bridgehead atoms. The van der Waals surface area contributed by atoms with Crippen molar-refractivity contribution < 1.29 is 0 Å². The summed E-state index contributed by atoms with van der Waals surface area (Å²) < 4.78 is 0. The zero-order chi connectivity index (χ0) is 28.8. The number of hydrogen-bond acceptors (Lipinski definition) is 1. The van der Waals surface area contributed by atoms with Gasteiger partial charge in [0.2, 0.25) is 0 Å². The molecule has 0 unspecified atom stereocenters. The summed E-state index contributed by atoms with van der Waals surface area (Å²) in [4.78, 5) is 2.28. The molecule has 1 nitrogen and oxygen atoms in total. The molecule has 0 saturated carbocycles. The van der Waals surface area contributed by atoms with Gasteiger partial charge in [0.15, 0.2) is 0 Å². The SMILES string of the molecule is C/C=C\c1cc2c(cc1/C=C/N(c1ccccc1)c1cccc(C)c1)C(C)(C)c1c-2c2ccccc2c2ccccc12. The van der Waals surface area contributed by atoms with Crippen molar-refractivity contribution in [1.82, 2.24) is 0 Å². The van der Waals surface area contributed by atoms with Gasteiger partial charge < -0.3 is 4.90 Å². The molecular formula is C41H35N. The number of fused-ring (bicyclic) bond motifs is 8. The van der Waals surface area contributed by atoms with Crippen LogP contribution in [0, 0.1) is 6.92 Å². The molecule has 1 aliphatic carbocycles. The molecule has 6 aromatic rings. The number of rotatable bonds is 5. The number of hydrogen-bond donors (Lipinski definition) is 0. The smallest absolute Gasteiger partial charge is 0.0458 e. The largest absolute Gasteiger partial charge is 0.317 e. The summed E-state index contributed by atoms with van der Waals surface area (Å²) in [6.45, 7) is 9.04. The van der Waals surface area contributed by atoms with Crippen LogP contribution in [-0.2, 0) is 5.41 Å². The van der Waals surface area contributed by atoms with Gasteiger partial charge >= 0.3 is 0 Å². The Balaban J connectivity index is 1.45. The van der Waals surface area contributed by atoms with Crippen molar-refractivity contribution in [3.63, 3.8) is 0 Å². The Hall–Kier alpha value is -4.88.